The van der Waals surface area contributed by atoms with Crippen LogP contribution in [-0.2, 0) is 16.6 Å². The van der Waals surface area contributed by atoms with Crippen LogP contribution in [0.3, 0.4) is 0 Å². The summed E-state index contributed by atoms with van der Waals surface area (Å²) in [5.74, 6) is 1.11. The van der Waals surface area contributed by atoms with Gasteiger partial charge in [0.15, 0.2) is 5.76 Å². The zero-order valence-electron chi connectivity index (χ0n) is 14.7. The van der Waals surface area contributed by atoms with Crippen LogP contribution in [0.2, 0.25) is 0 Å². The van der Waals surface area contributed by atoms with Gasteiger partial charge in [0.25, 0.3) is 5.91 Å². The highest BCUT2D eigenvalue weighted by atomic mass is 32.2. The van der Waals surface area contributed by atoms with Gasteiger partial charge in [0.1, 0.15) is 5.76 Å². The number of rotatable bonds is 5. The minimum absolute atomic E-state index is 0.0802. The summed E-state index contributed by atoms with van der Waals surface area (Å²) in [6.07, 6.45) is 0. The van der Waals surface area contributed by atoms with E-state index in [-0.39, 0.29) is 11.7 Å². The highest BCUT2D eigenvalue weighted by molar-refractivity contribution is 7.84. The number of amides is 1. The Morgan fingerprint density at radius 3 is 2.60 bits per heavy atom. The van der Waals surface area contributed by atoms with Crippen molar-refractivity contribution in [3.8, 4) is 0 Å². The monoisotopic (exact) mass is 360 g/mol. The molecule has 5 nitrogen and oxygen atoms in total. The second-order valence-corrected chi connectivity index (χ2v) is 7.75. The normalized spacial score (nSPS) is 16.8. The number of hydrogen-bond acceptors (Lipinski definition) is 4. The van der Waals surface area contributed by atoms with Gasteiger partial charge in [-0.2, -0.15) is 0 Å². The number of nitrogens with zero attached hydrogens (tertiary/aromatic N) is 2. The first kappa shape index (κ1) is 17.9. The highest BCUT2D eigenvalue weighted by Gasteiger charge is 2.23. The van der Waals surface area contributed by atoms with Gasteiger partial charge in [-0.15, -0.1) is 0 Å². The molecule has 2 heterocycles. The van der Waals surface area contributed by atoms with Crippen LogP contribution in [0.1, 0.15) is 28.8 Å². The number of piperazine rings is 1. The molecule has 0 aliphatic carbocycles. The lowest BCUT2D eigenvalue weighted by atomic mass is 10.2. The molecule has 25 heavy (non-hydrogen) atoms. The zero-order chi connectivity index (χ0) is 17.8. The molecule has 1 aliphatic heterocycles. The average Bonchev–Trinajstić information content (AvgIpc) is 3.09. The SMILES string of the molecule is CCN1CCN(C(=O)c2ccc(C[S@@](=O)c3cccc(C)c3)o2)CC1. The van der Waals surface area contributed by atoms with Crippen molar-refractivity contribution in [1.82, 2.24) is 9.80 Å². The summed E-state index contributed by atoms with van der Waals surface area (Å²) < 4.78 is 18.1. The smallest absolute Gasteiger partial charge is 0.289 e. The molecule has 0 unspecified atom stereocenters. The standard InChI is InChI=1S/C19H24N2O3S/c1-3-20-9-11-21(12-10-20)19(22)18-8-7-16(24-18)14-25(23)17-6-4-5-15(2)13-17/h4-8,13H,3,9-12,14H2,1-2H3/t25-/m1/s1. The van der Waals surface area contributed by atoms with Gasteiger partial charge in [-0.05, 0) is 43.3 Å². The van der Waals surface area contributed by atoms with E-state index < -0.39 is 10.8 Å². The number of aryl methyl sites for hydroxylation is 1. The van der Waals surface area contributed by atoms with Crippen LogP contribution >= 0.6 is 0 Å². The quantitative estimate of drug-likeness (QED) is 0.823. The maximum absolute atomic E-state index is 12.5. The summed E-state index contributed by atoms with van der Waals surface area (Å²) in [5, 5.41) is 0. The first-order valence-corrected chi connectivity index (χ1v) is 9.94. The predicted molar refractivity (Wildman–Crippen MR) is 98.0 cm³/mol. The number of furan rings is 1. The molecule has 0 bridgehead atoms. The van der Waals surface area contributed by atoms with E-state index in [1.165, 1.54) is 0 Å². The molecule has 1 aromatic carbocycles. The van der Waals surface area contributed by atoms with E-state index >= 15 is 0 Å². The fraction of sp³-hybridized carbons (Fsp3) is 0.421. The van der Waals surface area contributed by atoms with Gasteiger partial charge >= 0.3 is 0 Å². The molecule has 2 aromatic rings. The summed E-state index contributed by atoms with van der Waals surface area (Å²) in [6.45, 7) is 8.35. The van der Waals surface area contributed by atoms with Crippen molar-refractivity contribution >= 4 is 16.7 Å². The third kappa shape index (κ3) is 4.38. The van der Waals surface area contributed by atoms with Crippen LogP contribution in [0, 0.1) is 6.92 Å². The molecule has 0 radical (unpaired) electrons. The number of likely N-dealkylation sites (N-methyl/N-ethyl adjacent to an activating group) is 1. The maximum Gasteiger partial charge on any atom is 0.289 e. The molecule has 1 fully saturated rings. The largest absolute Gasteiger partial charge is 0.455 e. The first-order chi connectivity index (χ1) is 12.1. The van der Waals surface area contributed by atoms with Crippen molar-refractivity contribution in [2.75, 3.05) is 32.7 Å². The molecule has 1 aliphatic rings. The van der Waals surface area contributed by atoms with Gasteiger partial charge in [0.2, 0.25) is 0 Å². The Labute approximate surface area is 151 Å². The van der Waals surface area contributed by atoms with E-state index in [4.69, 9.17) is 4.42 Å². The molecule has 3 rings (SSSR count). The Balaban J connectivity index is 1.62. The van der Waals surface area contributed by atoms with Gasteiger partial charge in [-0.1, -0.05) is 19.1 Å². The van der Waals surface area contributed by atoms with Crippen molar-refractivity contribution in [2.45, 2.75) is 24.5 Å². The third-order valence-corrected chi connectivity index (χ3v) is 5.83. The Kier molecular flexibility index (Phi) is 5.71. The average molecular weight is 360 g/mol. The maximum atomic E-state index is 12.5. The fourth-order valence-corrected chi connectivity index (χ4v) is 4.09. The van der Waals surface area contributed by atoms with Crippen LogP contribution in [-0.4, -0.2) is 52.6 Å². The number of benzene rings is 1. The van der Waals surface area contributed by atoms with Crippen molar-refractivity contribution < 1.29 is 13.4 Å². The minimum atomic E-state index is -1.18. The van der Waals surface area contributed by atoms with Crippen molar-refractivity contribution in [3.05, 3.63) is 53.5 Å². The van der Waals surface area contributed by atoms with E-state index in [0.717, 1.165) is 43.2 Å². The second-order valence-electron chi connectivity index (χ2n) is 6.30. The lowest BCUT2D eigenvalue weighted by Crippen LogP contribution is -2.48. The predicted octanol–water partition coefficient (Wildman–Crippen LogP) is 2.67. The summed E-state index contributed by atoms with van der Waals surface area (Å²) in [7, 11) is -1.18. The third-order valence-electron chi connectivity index (χ3n) is 4.50. The highest BCUT2D eigenvalue weighted by Crippen LogP contribution is 2.17. The molecule has 1 amide bonds. The van der Waals surface area contributed by atoms with E-state index in [9.17, 15) is 9.00 Å². The molecule has 0 spiro atoms. The molecule has 0 N–H and O–H groups in total. The van der Waals surface area contributed by atoms with Gasteiger partial charge in [0.05, 0.1) is 16.6 Å². The second kappa shape index (κ2) is 7.97. The number of carbonyl (C=O) groups excluding carboxylic acids is 1. The summed E-state index contributed by atoms with van der Waals surface area (Å²) >= 11 is 0. The summed E-state index contributed by atoms with van der Waals surface area (Å²) in [4.78, 5) is 17.5. The molecule has 6 heteroatoms. The number of hydrogen-bond donors (Lipinski definition) is 0. The van der Waals surface area contributed by atoms with Gasteiger partial charge < -0.3 is 14.2 Å². The number of carbonyl (C=O) groups is 1. The fourth-order valence-electron chi connectivity index (χ4n) is 2.96. The molecule has 0 saturated carbocycles. The molecule has 1 aromatic heterocycles. The van der Waals surface area contributed by atoms with E-state index in [1.54, 1.807) is 12.1 Å². The van der Waals surface area contributed by atoms with Crippen LogP contribution in [0.25, 0.3) is 0 Å². The molecule has 1 saturated heterocycles. The van der Waals surface area contributed by atoms with E-state index in [1.807, 2.05) is 36.1 Å². The van der Waals surface area contributed by atoms with Crippen LogP contribution in [0.4, 0.5) is 0 Å². The van der Waals surface area contributed by atoms with Gasteiger partial charge in [-0.25, -0.2) is 0 Å². The Morgan fingerprint density at radius 1 is 1.16 bits per heavy atom. The molecule has 1 atom stereocenters. The van der Waals surface area contributed by atoms with Gasteiger partial charge in [0, 0.05) is 31.1 Å². The molecular weight excluding hydrogens is 336 g/mol. The Hall–Kier alpha value is -1.92. The molecule has 134 valence electrons. The van der Waals surface area contributed by atoms with E-state index in [2.05, 4.69) is 11.8 Å². The molecular formula is C19H24N2O3S. The minimum Gasteiger partial charge on any atom is -0.455 e. The van der Waals surface area contributed by atoms with Crippen LogP contribution < -0.4 is 0 Å². The van der Waals surface area contributed by atoms with Crippen LogP contribution in [0.5, 0.6) is 0 Å². The lowest BCUT2D eigenvalue weighted by Gasteiger charge is -2.33. The van der Waals surface area contributed by atoms with Gasteiger partial charge in [-0.3, -0.25) is 9.00 Å². The Bertz CT molecular complexity index is 764. The van der Waals surface area contributed by atoms with Crippen molar-refractivity contribution in [1.29, 1.82) is 0 Å². The first-order valence-electron chi connectivity index (χ1n) is 8.62. The van der Waals surface area contributed by atoms with Crippen molar-refractivity contribution in [2.24, 2.45) is 0 Å². The van der Waals surface area contributed by atoms with E-state index in [0.29, 0.717) is 11.5 Å². The Morgan fingerprint density at radius 2 is 1.92 bits per heavy atom. The summed E-state index contributed by atoms with van der Waals surface area (Å²) in [5.41, 5.74) is 1.08. The van der Waals surface area contributed by atoms with Crippen LogP contribution in [0.15, 0.2) is 45.7 Å². The summed E-state index contributed by atoms with van der Waals surface area (Å²) in [6, 6.07) is 11.1. The topological polar surface area (TPSA) is 53.8 Å². The lowest BCUT2D eigenvalue weighted by molar-refractivity contribution is 0.0611. The van der Waals surface area contributed by atoms with Crippen molar-refractivity contribution in [3.63, 3.8) is 0 Å². The zero-order valence-corrected chi connectivity index (χ0v) is 15.6.